The van der Waals surface area contributed by atoms with Crippen LogP contribution in [0.1, 0.15) is 24.5 Å². The topological polar surface area (TPSA) is 53.6 Å². The molecule has 118 valence electrons. The summed E-state index contributed by atoms with van der Waals surface area (Å²) in [6.45, 7) is 2.20. The number of nitrogens with one attached hydrogen (secondary N) is 2. The smallest absolute Gasteiger partial charge is 0.223 e. The summed E-state index contributed by atoms with van der Waals surface area (Å²) in [6.07, 6.45) is 2.32. The number of anilines is 2. The highest BCUT2D eigenvalue weighted by molar-refractivity contribution is 7.98. The number of nitrogens with zero attached hydrogens (tertiary/aromatic N) is 2. The quantitative estimate of drug-likeness (QED) is 0.613. The average molecular weight is 324 g/mol. The lowest BCUT2D eigenvalue weighted by atomic mass is 10.1. The lowest BCUT2D eigenvalue weighted by Gasteiger charge is -2.02. The van der Waals surface area contributed by atoms with Gasteiger partial charge >= 0.3 is 0 Å². The normalized spacial score (nSPS) is 10.7. The molecule has 0 aliphatic heterocycles. The number of para-hydroxylation sites is 1. The minimum Gasteiger partial charge on any atom is -0.325 e. The molecule has 2 N–H and O–H groups in total. The maximum absolute atomic E-state index is 4.45. The van der Waals surface area contributed by atoms with Crippen molar-refractivity contribution in [3.8, 4) is 0 Å². The van der Waals surface area contributed by atoms with Crippen molar-refractivity contribution in [3.63, 3.8) is 0 Å². The highest BCUT2D eigenvalue weighted by Crippen LogP contribution is 2.21. The predicted octanol–water partition coefficient (Wildman–Crippen LogP) is 4.79. The van der Waals surface area contributed by atoms with Crippen molar-refractivity contribution in [2.45, 2.75) is 30.7 Å². The SMILES string of the molecule is CCCc1ccc(CSc2n[nH]c(Nc3ccccc3)n2)cc1. The predicted molar refractivity (Wildman–Crippen MR) is 96.1 cm³/mol. The molecule has 0 amide bonds. The van der Waals surface area contributed by atoms with Crippen molar-refractivity contribution >= 4 is 23.4 Å². The van der Waals surface area contributed by atoms with Crippen LogP contribution in [0.15, 0.2) is 59.8 Å². The molecule has 1 heterocycles. The molecule has 0 atom stereocenters. The summed E-state index contributed by atoms with van der Waals surface area (Å²) in [5.74, 6) is 1.53. The fourth-order valence-corrected chi connectivity index (χ4v) is 3.02. The van der Waals surface area contributed by atoms with Crippen LogP contribution in [0, 0.1) is 0 Å². The number of H-pyrrole nitrogens is 1. The maximum Gasteiger partial charge on any atom is 0.223 e. The Balaban J connectivity index is 1.54. The van der Waals surface area contributed by atoms with Gasteiger partial charge in [-0.25, -0.2) is 5.10 Å². The van der Waals surface area contributed by atoms with Gasteiger partial charge in [0.15, 0.2) is 0 Å². The molecule has 0 radical (unpaired) electrons. The van der Waals surface area contributed by atoms with Gasteiger partial charge in [-0.1, -0.05) is 67.6 Å². The molecule has 1 aromatic heterocycles. The number of thioether (sulfide) groups is 1. The number of hydrogen-bond donors (Lipinski definition) is 2. The van der Waals surface area contributed by atoms with E-state index in [4.69, 9.17) is 0 Å². The third-order valence-corrected chi connectivity index (χ3v) is 4.35. The van der Waals surface area contributed by atoms with Crippen LogP contribution in [-0.2, 0) is 12.2 Å². The molecule has 5 heteroatoms. The van der Waals surface area contributed by atoms with Crippen LogP contribution in [0.2, 0.25) is 0 Å². The molecule has 3 rings (SSSR count). The fourth-order valence-electron chi connectivity index (χ4n) is 2.26. The monoisotopic (exact) mass is 324 g/mol. The minimum atomic E-state index is 0.664. The molecule has 0 aliphatic carbocycles. The molecule has 2 aromatic carbocycles. The molecule has 23 heavy (non-hydrogen) atoms. The molecule has 0 spiro atoms. The Kier molecular flexibility index (Phi) is 5.32. The van der Waals surface area contributed by atoms with E-state index < -0.39 is 0 Å². The molecule has 4 nitrogen and oxygen atoms in total. The molecule has 0 saturated heterocycles. The van der Waals surface area contributed by atoms with E-state index >= 15 is 0 Å². The van der Waals surface area contributed by atoms with Crippen LogP contribution in [-0.4, -0.2) is 15.2 Å². The Bertz CT molecular complexity index is 722. The first-order valence-electron chi connectivity index (χ1n) is 7.78. The lowest BCUT2D eigenvalue weighted by Crippen LogP contribution is -1.91. The molecule has 0 bridgehead atoms. The summed E-state index contributed by atoms with van der Waals surface area (Å²) in [6, 6.07) is 18.7. The van der Waals surface area contributed by atoms with Crippen molar-refractivity contribution < 1.29 is 0 Å². The van der Waals surface area contributed by atoms with Gasteiger partial charge in [-0.2, -0.15) is 4.98 Å². The number of aromatic nitrogens is 3. The van der Waals surface area contributed by atoms with E-state index in [0.717, 1.165) is 23.0 Å². The second-order valence-corrected chi connectivity index (χ2v) is 6.26. The Hall–Kier alpha value is -2.27. The van der Waals surface area contributed by atoms with Gasteiger partial charge in [0.25, 0.3) is 0 Å². The van der Waals surface area contributed by atoms with E-state index in [1.165, 1.54) is 17.5 Å². The van der Waals surface area contributed by atoms with E-state index in [-0.39, 0.29) is 0 Å². The summed E-state index contributed by atoms with van der Waals surface area (Å²) in [5.41, 5.74) is 3.68. The van der Waals surface area contributed by atoms with Crippen LogP contribution in [0.25, 0.3) is 0 Å². The third-order valence-electron chi connectivity index (χ3n) is 3.43. The van der Waals surface area contributed by atoms with E-state index in [2.05, 4.69) is 51.7 Å². The molecule has 3 aromatic rings. The van der Waals surface area contributed by atoms with Gasteiger partial charge in [0, 0.05) is 11.4 Å². The Morgan fingerprint density at radius 2 is 1.74 bits per heavy atom. The first kappa shape index (κ1) is 15.6. The molecule has 0 unspecified atom stereocenters. The number of aryl methyl sites for hydroxylation is 1. The number of rotatable bonds is 7. The molecular formula is C18H20N4S. The van der Waals surface area contributed by atoms with Gasteiger partial charge in [0.2, 0.25) is 11.1 Å². The first-order chi connectivity index (χ1) is 11.3. The second-order valence-electron chi connectivity index (χ2n) is 5.31. The van der Waals surface area contributed by atoms with Crippen LogP contribution in [0.5, 0.6) is 0 Å². The lowest BCUT2D eigenvalue weighted by molar-refractivity contribution is 0.921. The number of hydrogen-bond acceptors (Lipinski definition) is 4. The van der Waals surface area contributed by atoms with Crippen molar-refractivity contribution in [1.29, 1.82) is 0 Å². The third kappa shape index (κ3) is 4.60. The van der Waals surface area contributed by atoms with Gasteiger partial charge in [-0.05, 0) is 29.7 Å². The van der Waals surface area contributed by atoms with Gasteiger partial charge in [-0.3, -0.25) is 0 Å². The van der Waals surface area contributed by atoms with Crippen molar-refractivity contribution in [1.82, 2.24) is 15.2 Å². The van der Waals surface area contributed by atoms with Crippen LogP contribution < -0.4 is 5.32 Å². The Morgan fingerprint density at radius 1 is 1.00 bits per heavy atom. The Labute approximate surface area is 140 Å². The zero-order chi connectivity index (χ0) is 15.9. The van der Waals surface area contributed by atoms with Crippen molar-refractivity contribution in [3.05, 3.63) is 65.7 Å². The van der Waals surface area contributed by atoms with Crippen molar-refractivity contribution in [2.75, 3.05) is 5.32 Å². The standard InChI is InChI=1S/C18H20N4S/c1-2-6-14-9-11-15(12-10-14)13-23-18-20-17(21-22-18)19-16-7-4-3-5-8-16/h3-5,7-12H,2,6,13H2,1H3,(H2,19,20,21,22). The van der Waals surface area contributed by atoms with Gasteiger partial charge in [0.05, 0.1) is 0 Å². The fraction of sp³-hybridized carbons (Fsp3) is 0.222. The van der Waals surface area contributed by atoms with Crippen LogP contribution >= 0.6 is 11.8 Å². The highest BCUT2D eigenvalue weighted by Gasteiger charge is 2.04. The maximum atomic E-state index is 4.45. The number of aromatic amines is 1. The van der Waals surface area contributed by atoms with Crippen LogP contribution in [0.4, 0.5) is 11.6 Å². The average Bonchev–Trinajstić information content (AvgIpc) is 3.03. The molecule has 0 aliphatic rings. The van der Waals surface area contributed by atoms with E-state index in [1.54, 1.807) is 11.8 Å². The van der Waals surface area contributed by atoms with E-state index in [0.29, 0.717) is 5.95 Å². The van der Waals surface area contributed by atoms with E-state index in [1.807, 2.05) is 30.3 Å². The van der Waals surface area contributed by atoms with Crippen LogP contribution in [0.3, 0.4) is 0 Å². The van der Waals surface area contributed by atoms with Gasteiger partial charge in [-0.15, -0.1) is 5.10 Å². The van der Waals surface area contributed by atoms with Crippen molar-refractivity contribution in [2.24, 2.45) is 0 Å². The largest absolute Gasteiger partial charge is 0.325 e. The zero-order valence-electron chi connectivity index (χ0n) is 13.1. The highest BCUT2D eigenvalue weighted by atomic mass is 32.2. The zero-order valence-corrected chi connectivity index (χ0v) is 13.9. The first-order valence-corrected chi connectivity index (χ1v) is 8.77. The Morgan fingerprint density at radius 3 is 2.48 bits per heavy atom. The second kappa shape index (κ2) is 7.83. The van der Waals surface area contributed by atoms with Gasteiger partial charge < -0.3 is 5.32 Å². The summed E-state index contributed by atoms with van der Waals surface area (Å²) >= 11 is 1.63. The molecule has 0 saturated carbocycles. The molecule has 0 fully saturated rings. The summed E-state index contributed by atoms with van der Waals surface area (Å²) in [4.78, 5) is 4.45. The van der Waals surface area contributed by atoms with E-state index in [9.17, 15) is 0 Å². The molecular weight excluding hydrogens is 304 g/mol. The summed E-state index contributed by atoms with van der Waals surface area (Å²) in [7, 11) is 0. The number of benzene rings is 2. The summed E-state index contributed by atoms with van der Waals surface area (Å²) in [5, 5.41) is 11.1. The minimum absolute atomic E-state index is 0.664. The van der Waals surface area contributed by atoms with Gasteiger partial charge in [0.1, 0.15) is 0 Å². The summed E-state index contributed by atoms with van der Waals surface area (Å²) < 4.78 is 0.